The van der Waals surface area contributed by atoms with Crippen LogP contribution in [-0.4, -0.2) is 19.5 Å². The van der Waals surface area contributed by atoms with E-state index >= 15 is 0 Å². The molecule has 0 aliphatic rings. The van der Waals surface area contributed by atoms with Gasteiger partial charge >= 0.3 is 0 Å². The highest BCUT2D eigenvalue weighted by Crippen LogP contribution is 2.43. The molecule has 11 rings (SSSR count). The number of rotatable bonds is 5. The zero-order valence-corrected chi connectivity index (χ0v) is 29.0. The number of hydrogen-bond acceptors (Lipinski definition) is 4. The molecule has 11 aromatic rings. The summed E-state index contributed by atoms with van der Waals surface area (Å²) < 4.78 is 9.25. The Bertz CT molecular complexity index is 3140. The van der Waals surface area contributed by atoms with E-state index in [1.165, 1.54) is 32.7 Å². The predicted octanol–water partition coefficient (Wildman–Crippen LogP) is 12.7. The zero-order valence-electron chi connectivity index (χ0n) is 29.0. The molecule has 0 saturated carbocycles. The van der Waals surface area contributed by atoms with E-state index in [-0.39, 0.29) is 0 Å². The molecule has 0 N–H and O–H groups in total. The number of aromatic nitrogens is 4. The fourth-order valence-electron chi connectivity index (χ4n) is 7.88. The van der Waals surface area contributed by atoms with E-state index in [1.54, 1.807) is 0 Å². The third-order valence-electron chi connectivity index (χ3n) is 10.4. The first-order chi connectivity index (χ1) is 26.8. The second kappa shape index (κ2) is 12.1. The summed E-state index contributed by atoms with van der Waals surface area (Å²) in [5.74, 6) is 1.83. The Hall–Kier alpha value is -7.37. The Kier molecular flexibility index (Phi) is 6.79. The van der Waals surface area contributed by atoms with Gasteiger partial charge in [-0.15, -0.1) is 0 Å². The van der Waals surface area contributed by atoms with E-state index in [0.29, 0.717) is 17.5 Å². The van der Waals surface area contributed by atoms with Crippen LogP contribution in [0.2, 0.25) is 0 Å². The van der Waals surface area contributed by atoms with Crippen LogP contribution >= 0.6 is 0 Å². The lowest BCUT2D eigenvalue weighted by Crippen LogP contribution is -2.01. The van der Waals surface area contributed by atoms with Gasteiger partial charge in [-0.2, -0.15) is 0 Å². The highest BCUT2D eigenvalue weighted by atomic mass is 16.3. The summed E-state index contributed by atoms with van der Waals surface area (Å²) in [4.78, 5) is 15.2. The minimum Gasteiger partial charge on any atom is -0.454 e. The van der Waals surface area contributed by atoms with Crippen molar-refractivity contribution in [1.29, 1.82) is 0 Å². The van der Waals surface area contributed by atoms with Crippen LogP contribution in [0.5, 0.6) is 0 Å². The van der Waals surface area contributed by atoms with Crippen molar-refractivity contribution in [2.75, 3.05) is 0 Å². The summed E-state index contributed by atoms with van der Waals surface area (Å²) in [5, 5.41) is 6.72. The maximum atomic E-state index is 6.89. The van der Waals surface area contributed by atoms with Gasteiger partial charge < -0.3 is 8.98 Å². The second-order valence-electron chi connectivity index (χ2n) is 13.6. The highest BCUT2D eigenvalue weighted by molar-refractivity contribution is 6.18. The minimum absolute atomic E-state index is 0.589. The van der Waals surface area contributed by atoms with E-state index in [0.717, 1.165) is 55.3 Å². The molecule has 0 bridgehead atoms. The van der Waals surface area contributed by atoms with Crippen LogP contribution in [0.4, 0.5) is 0 Å². The topological polar surface area (TPSA) is 56.7 Å². The van der Waals surface area contributed by atoms with Crippen molar-refractivity contribution in [2.24, 2.45) is 0 Å². The standard InChI is InChI=1S/C49H30N4O/c1-4-14-31(15-5-1)36-24-26-41-39(29-36)40-28-34-20-10-11-21-35(34)30-43(40)53(41)42-27-25-38(45-37-22-12-13-23-44(37)54-46(42)45)49-51-47(32-16-6-2-7-17-32)50-48(52-49)33-18-8-3-9-19-33/h1-30H. The average Bonchev–Trinajstić information content (AvgIpc) is 3.79. The first-order valence-electron chi connectivity index (χ1n) is 18.1. The van der Waals surface area contributed by atoms with E-state index in [9.17, 15) is 0 Å². The number of fused-ring (bicyclic) bond motifs is 7. The molecule has 3 heterocycles. The average molecular weight is 691 g/mol. The smallest absolute Gasteiger partial charge is 0.164 e. The number of furan rings is 1. The molecule has 0 atom stereocenters. The van der Waals surface area contributed by atoms with Crippen LogP contribution in [0.1, 0.15) is 0 Å². The number of para-hydroxylation sites is 1. The Morgan fingerprint density at radius 1 is 0.389 bits per heavy atom. The lowest BCUT2D eigenvalue weighted by Gasteiger charge is -2.13. The van der Waals surface area contributed by atoms with Crippen molar-refractivity contribution in [1.82, 2.24) is 19.5 Å². The van der Waals surface area contributed by atoms with Crippen LogP contribution in [0.25, 0.3) is 105 Å². The van der Waals surface area contributed by atoms with Crippen molar-refractivity contribution in [2.45, 2.75) is 0 Å². The molecule has 54 heavy (non-hydrogen) atoms. The van der Waals surface area contributed by atoms with E-state index in [2.05, 4.69) is 114 Å². The van der Waals surface area contributed by atoms with Gasteiger partial charge in [0, 0.05) is 38.2 Å². The molecule has 0 amide bonds. The first-order valence-corrected chi connectivity index (χ1v) is 18.1. The lowest BCUT2D eigenvalue weighted by atomic mass is 10.0. The zero-order chi connectivity index (χ0) is 35.6. The van der Waals surface area contributed by atoms with Crippen LogP contribution in [0, 0.1) is 0 Å². The Labute approximate surface area is 310 Å². The van der Waals surface area contributed by atoms with Gasteiger partial charge in [-0.3, -0.25) is 0 Å². The first kappa shape index (κ1) is 30.3. The molecule has 0 aliphatic carbocycles. The molecule has 252 valence electrons. The number of nitrogens with zero attached hydrogens (tertiary/aromatic N) is 4. The summed E-state index contributed by atoms with van der Waals surface area (Å²) in [7, 11) is 0. The fraction of sp³-hybridized carbons (Fsp3) is 0. The largest absolute Gasteiger partial charge is 0.454 e. The van der Waals surface area contributed by atoms with Crippen LogP contribution in [0.3, 0.4) is 0 Å². The summed E-state index contributed by atoms with van der Waals surface area (Å²) in [6.45, 7) is 0. The van der Waals surface area contributed by atoms with Gasteiger partial charge in [0.15, 0.2) is 23.1 Å². The van der Waals surface area contributed by atoms with Crippen molar-refractivity contribution >= 4 is 54.5 Å². The van der Waals surface area contributed by atoms with E-state index < -0.39 is 0 Å². The molecular weight excluding hydrogens is 661 g/mol. The van der Waals surface area contributed by atoms with E-state index in [4.69, 9.17) is 19.4 Å². The van der Waals surface area contributed by atoms with Gasteiger partial charge in [0.05, 0.1) is 16.7 Å². The maximum absolute atomic E-state index is 6.89. The summed E-state index contributed by atoms with van der Waals surface area (Å²) in [5.41, 5.74) is 9.85. The van der Waals surface area contributed by atoms with Crippen molar-refractivity contribution in [3.05, 3.63) is 182 Å². The number of hydrogen-bond donors (Lipinski definition) is 0. The molecule has 8 aromatic carbocycles. The summed E-state index contributed by atoms with van der Waals surface area (Å²) in [6, 6.07) is 63.3. The molecule has 5 nitrogen and oxygen atoms in total. The van der Waals surface area contributed by atoms with Gasteiger partial charge in [0.25, 0.3) is 0 Å². The minimum atomic E-state index is 0.589. The van der Waals surface area contributed by atoms with Crippen molar-refractivity contribution in [3.63, 3.8) is 0 Å². The monoisotopic (exact) mass is 690 g/mol. The van der Waals surface area contributed by atoms with Crippen molar-refractivity contribution in [3.8, 4) is 51.0 Å². The third kappa shape index (κ3) is 4.83. The Balaban J connectivity index is 1.22. The third-order valence-corrected chi connectivity index (χ3v) is 10.4. The van der Waals surface area contributed by atoms with Gasteiger partial charge in [-0.05, 0) is 64.4 Å². The maximum Gasteiger partial charge on any atom is 0.164 e. The molecule has 0 radical (unpaired) electrons. The highest BCUT2D eigenvalue weighted by Gasteiger charge is 2.23. The molecule has 5 heteroatoms. The van der Waals surface area contributed by atoms with Crippen LogP contribution in [0.15, 0.2) is 186 Å². The molecule has 3 aromatic heterocycles. The summed E-state index contributed by atoms with van der Waals surface area (Å²) in [6.07, 6.45) is 0. The Morgan fingerprint density at radius 2 is 0.963 bits per heavy atom. The van der Waals surface area contributed by atoms with Gasteiger partial charge in [0.2, 0.25) is 0 Å². The Morgan fingerprint density at radius 3 is 1.67 bits per heavy atom. The molecule has 0 fully saturated rings. The second-order valence-corrected chi connectivity index (χ2v) is 13.6. The quantitative estimate of drug-likeness (QED) is 0.180. The number of benzene rings is 8. The SMILES string of the molecule is c1ccc(-c2ccc3c(c2)c2cc4ccccc4cc2n3-c2ccc(-c3nc(-c4ccccc4)nc(-c4ccccc4)n3)c3c2oc2ccccc23)cc1. The van der Waals surface area contributed by atoms with Crippen LogP contribution < -0.4 is 0 Å². The molecule has 0 spiro atoms. The molecular formula is C49H30N4O. The normalized spacial score (nSPS) is 11.7. The van der Waals surface area contributed by atoms with Gasteiger partial charge in [-0.1, -0.05) is 140 Å². The van der Waals surface area contributed by atoms with Crippen LogP contribution in [-0.2, 0) is 0 Å². The van der Waals surface area contributed by atoms with Crippen molar-refractivity contribution < 1.29 is 4.42 Å². The molecule has 0 aliphatic heterocycles. The van der Waals surface area contributed by atoms with E-state index in [1.807, 2.05) is 72.8 Å². The molecule has 0 saturated heterocycles. The summed E-state index contributed by atoms with van der Waals surface area (Å²) >= 11 is 0. The fourth-order valence-corrected chi connectivity index (χ4v) is 7.88. The lowest BCUT2D eigenvalue weighted by molar-refractivity contribution is 0.666. The predicted molar refractivity (Wildman–Crippen MR) is 221 cm³/mol. The van der Waals surface area contributed by atoms with Gasteiger partial charge in [0.1, 0.15) is 5.58 Å². The van der Waals surface area contributed by atoms with Gasteiger partial charge in [-0.25, -0.2) is 15.0 Å². The molecule has 0 unspecified atom stereocenters.